The van der Waals surface area contributed by atoms with Crippen LogP contribution in [-0.2, 0) is 9.59 Å². The van der Waals surface area contributed by atoms with Crippen LogP contribution in [0.25, 0.3) is 0 Å². The van der Waals surface area contributed by atoms with Gasteiger partial charge >= 0.3 is 0 Å². The average Bonchev–Trinajstić information content (AvgIpc) is 2.45. The van der Waals surface area contributed by atoms with Gasteiger partial charge in [-0.1, -0.05) is 0 Å². The molecule has 110 valence electrons. The Balaban J connectivity index is 2.43. The van der Waals surface area contributed by atoms with Gasteiger partial charge in [0.15, 0.2) is 0 Å². The minimum atomic E-state index is -0.154. The first kappa shape index (κ1) is 16.1. The lowest BCUT2D eigenvalue weighted by molar-refractivity contribution is -0.117. The molecule has 0 saturated carbocycles. The average molecular weight is 280 g/mol. The summed E-state index contributed by atoms with van der Waals surface area (Å²) in [4.78, 5) is 22.9. The van der Waals surface area contributed by atoms with Gasteiger partial charge in [0.2, 0.25) is 11.8 Å². The normalized spacial score (nSPS) is 10.1. The van der Waals surface area contributed by atoms with Gasteiger partial charge in [-0.15, -0.1) is 0 Å². The maximum atomic E-state index is 11.4. The zero-order valence-electron chi connectivity index (χ0n) is 11.3. The molecule has 6 nitrogen and oxygen atoms in total. The van der Waals surface area contributed by atoms with Gasteiger partial charge in [-0.25, -0.2) is 0 Å². The molecule has 1 rings (SSSR count). The predicted octanol–water partition coefficient (Wildman–Crippen LogP) is 1.11. The van der Waals surface area contributed by atoms with E-state index in [1.54, 1.807) is 24.3 Å². The summed E-state index contributed by atoms with van der Waals surface area (Å²) < 4.78 is 0. The van der Waals surface area contributed by atoms with Crippen molar-refractivity contribution in [2.24, 2.45) is 0 Å². The molecule has 0 unspecified atom stereocenters. The van der Waals surface area contributed by atoms with Crippen molar-refractivity contribution >= 4 is 23.2 Å². The number of carbonyl (C=O) groups excluding carboxylic acids is 2. The molecule has 0 heterocycles. The molecule has 1 aromatic rings. The molecular weight excluding hydrogens is 260 g/mol. The Morgan fingerprint density at radius 2 is 1.15 bits per heavy atom. The van der Waals surface area contributed by atoms with E-state index in [9.17, 15) is 9.59 Å². The van der Waals surface area contributed by atoms with Crippen molar-refractivity contribution in [3.8, 4) is 0 Å². The number of anilines is 2. The number of carbonyl (C=O) groups is 2. The van der Waals surface area contributed by atoms with Gasteiger partial charge in [-0.05, 0) is 37.1 Å². The van der Waals surface area contributed by atoms with E-state index in [1.807, 2.05) is 0 Å². The molecule has 0 radical (unpaired) electrons. The summed E-state index contributed by atoms with van der Waals surface area (Å²) in [6, 6.07) is 6.77. The molecule has 4 N–H and O–H groups in total. The second-order valence-corrected chi connectivity index (χ2v) is 4.33. The summed E-state index contributed by atoms with van der Waals surface area (Å²) in [5, 5.41) is 22.6. The van der Waals surface area contributed by atoms with Crippen LogP contribution in [0.2, 0.25) is 0 Å². The Morgan fingerprint density at radius 1 is 0.800 bits per heavy atom. The maximum absolute atomic E-state index is 11.4. The Morgan fingerprint density at radius 3 is 1.45 bits per heavy atom. The summed E-state index contributed by atoms with van der Waals surface area (Å²) in [6.07, 6.45) is 1.42. The zero-order chi connectivity index (χ0) is 14.8. The second kappa shape index (κ2) is 9.06. The first-order valence-electron chi connectivity index (χ1n) is 6.57. The molecule has 2 amide bonds. The zero-order valence-corrected chi connectivity index (χ0v) is 11.3. The van der Waals surface area contributed by atoms with Crippen LogP contribution in [0.15, 0.2) is 24.3 Å². The number of hydrogen-bond acceptors (Lipinski definition) is 4. The number of hydrogen-bond donors (Lipinski definition) is 4. The van der Waals surface area contributed by atoms with Crippen molar-refractivity contribution in [3.63, 3.8) is 0 Å². The van der Waals surface area contributed by atoms with E-state index in [0.717, 1.165) is 0 Å². The highest BCUT2D eigenvalue weighted by Gasteiger charge is 2.04. The van der Waals surface area contributed by atoms with E-state index < -0.39 is 0 Å². The highest BCUT2D eigenvalue weighted by molar-refractivity contribution is 5.92. The topological polar surface area (TPSA) is 98.7 Å². The summed E-state index contributed by atoms with van der Waals surface area (Å²) in [6.45, 7) is -0.0154. The third-order valence-electron chi connectivity index (χ3n) is 2.58. The van der Waals surface area contributed by atoms with Crippen LogP contribution in [-0.4, -0.2) is 35.2 Å². The standard InChI is InChI=1S/C14H20N2O4/c17-9-1-3-13(19)15-11-5-7-12(8-6-11)16-14(20)4-2-10-18/h5-8,17-18H,1-4,9-10H2,(H,15,19)(H,16,20). The minimum absolute atomic E-state index is 0.00771. The molecule has 0 aliphatic carbocycles. The summed E-state index contributed by atoms with van der Waals surface area (Å²) in [7, 11) is 0. The molecule has 1 aromatic carbocycles. The largest absolute Gasteiger partial charge is 0.396 e. The van der Waals surface area contributed by atoms with Gasteiger partial charge < -0.3 is 20.8 Å². The van der Waals surface area contributed by atoms with Crippen molar-refractivity contribution < 1.29 is 19.8 Å². The van der Waals surface area contributed by atoms with Crippen LogP contribution < -0.4 is 10.6 Å². The predicted molar refractivity (Wildman–Crippen MR) is 76.3 cm³/mol. The van der Waals surface area contributed by atoms with Crippen molar-refractivity contribution in [2.75, 3.05) is 23.8 Å². The van der Waals surface area contributed by atoms with Crippen LogP contribution in [0, 0.1) is 0 Å². The summed E-state index contributed by atoms with van der Waals surface area (Å²) in [5.41, 5.74) is 1.28. The van der Waals surface area contributed by atoms with E-state index >= 15 is 0 Å². The molecule has 0 atom stereocenters. The fourth-order valence-electron chi connectivity index (χ4n) is 1.56. The lowest BCUT2D eigenvalue weighted by Gasteiger charge is -2.07. The monoisotopic (exact) mass is 280 g/mol. The molecule has 0 saturated heterocycles. The number of amides is 2. The first-order chi connectivity index (χ1) is 9.65. The maximum Gasteiger partial charge on any atom is 0.224 e. The highest BCUT2D eigenvalue weighted by Crippen LogP contribution is 2.14. The lowest BCUT2D eigenvalue weighted by atomic mass is 10.2. The second-order valence-electron chi connectivity index (χ2n) is 4.33. The summed E-state index contributed by atoms with van der Waals surface area (Å²) >= 11 is 0. The quantitative estimate of drug-likeness (QED) is 0.573. The van der Waals surface area contributed by atoms with E-state index in [2.05, 4.69) is 10.6 Å². The Kier molecular flexibility index (Phi) is 7.31. The van der Waals surface area contributed by atoms with E-state index in [4.69, 9.17) is 10.2 Å². The Hall–Kier alpha value is -1.92. The van der Waals surface area contributed by atoms with Crippen molar-refractivity contribution in [1.82, 2.24) is 0 Å². The molecule has 0 aromatic heterocycles. The number of aliphatic hydroxyl groups excluding tert-OH is 2. The smallest absolute Gasteiger partial charge is 0.224 e. The molecule has 0 aliphatic heterocycles. The lowest BCUT2D eigenvalue weighted by Crippen LogP contribution is -2.13. The molecule has 0 bridgehead atoms. The molecule has 6 heteroatoms. The van der Waals surface area contributed by atoms with Gasteiger partial charge in [-0.3, -0.25) is 9.59 Å². The molecule has 20 heavy (non-hydrogen) atoms. The molecule has 0 spiro atoms. The SMILES string of the molecule is O=C(CCCO)Nc1ccc(NC(=O)CCCO)cc1. The number of aliphatic hydroxyl groups is 2. The van der Waals surface area contributed by atoms with Gasteiger partial charge in [-0.2, -0.15) is 0 Å². The van der Waals surface area contributed by atoms with Crippen molar-refractivity contribution in [2.45, 2.75) is 25.7 Å². The molecule has 0 fully saturated rings. The van der Waals surface area contributed by atoms with Crippen LogP contribution in [0.1, 0.15) is 25.7 Å². The van der Waals surface area contributed by atoms with E-state index in [1.165, 1.54) is 0 Å². The molecular formula is C14H20N2O4. The van der Waals surface area contributed by atoms with Crippen LogP contribution >= 0.6 is 0 Å². The number of benzene rings is 1. The van der Waals surface area contributed by atoms with Crippen LogP contribution in [0.5, 0.6) is 0 Å². The third kappa shape index (κ3) is 6.31. The fourth-order valence-corrected chi connectivity index (χ4v) is 1.56. The fraction of sp³-hybridized carbons (Fsp3) is 0.429. The van der Waals surface area contributed by atoms with Crippen LogP contribution in [0.4, 0.5) is 11.4 Å². The van der Waals surface area contributed by atoms with Gasteiger partial charge in [0, 0.05) is 37.4 Å². The third-order valence-corrected chi connectivity index (χ3v) is 2.58. The first-order valence-corrected chi connectivity index (χ1v) is 6.57. The highest BCUT2D eigenvalue weighted by atomic mass is 16.3. The van der Waals surface area contributed by atoms with E-state index in [-0.39, 0.29) is 37.9 Å². The van der Waals surface area contributed by atoms with E-state index in [0.29, 0.717) is 24.2 Å². The van der Waals surface area contributed by atoms with Crippen molar-refractivity contribution in [1.29, 1.82) is 0 Å². The number of rotatable bonds is 8. The van der Waals surface area contributed by atoms with Crippen LogP contribution in [0.3, 0.4) is 0 Å². The Labute approximate surface area is 117 Å². The van der Waals surface area contributed by atoms with Gasteiger partial charge in [0.05, 0.1) is 0 Å². The summed E-state index contributed by atoms with van der Waals surface area (Å²) in [5.74, 6) is -0.308. The van der Waals surface area contributed by atoms with Gasteiger partial charge in [0.25, 0.3) is 0 Å². The Bertz CT molecular complexity index is 390. The minimum Gasteiger partial charge on any atom is -0.396 e. The number of nitrogens with one attached hydrogen (secondary N) is 2. The van der Waals surface area contributed by atoms with Crippen molar-refractivity contribution in [3.05, 3.63) is 24.3 Å². The van der Waals surface area contributed by atoms with Gasteiger partial charge in [0.1, 0.15) is 0 Å². The molecule has 0 aliphatic rings.